The fourth-order valence-corrected chi connectivity index (χ4v) is 3.53. The number of nitrogens with zero attached hydrogens (tertiary/aromatic N) is 2. The Morgan fingerprint density at radius 1 is 1.20 bits per heavy atom. The molecule has 1 aliphatic heterocycles. The molecular formula is C23H28N2O5. The molecule has 0 radical (unpaired) electrons. The van der Waals surface area contributed by atoms with Gasteiger partial charge in [-0.1, -0.05) is 0 Å². The van der Waals surface area contributed by atoms with Gasteiger partial charge in [0.25, 0.3) is 11.7 Å². The van der Waals surface area contributed by atoms with Gasteiger partial charge in [-0.2, -0.15) is 0 Å². The Balaban J connectivity index is 1.97. The molecular weight excluding hydrogens is 384 g/mol. The number of aliphatic hydroxyl groups is 1. The lowest BCUT2D eigenvalue weighted by molar-refractivity contribution is -0.140. The minimum Gasteiger partial charge on any atom is -0.507 e. The highest BCUT2D eigenvalue weighted by molar-refractivity contribution is 6.46. The van der Waals surface area contributed by atoms with E-state index >= 15 is 0 Å². The summed E-state index contributed by atoms with van der Waals surface area (Å²) in [5.74, 6) is -0.452. The zero-order chi connectivity index (χ0) is 21.8. The quantitative estimate of drug-likeness (QED) is 0.406. The summed E-state index contributed by atoms with van der Waals surface area (Å²) in [5, 5.41) is 11.0. The maximum Gasteiger partial charge on any atom is 0.295 e. The molecule has 1 saturated heterocycles. The average molecular weight is 412 g/mol. The zero-order valence-corrected chi connectivity index (χ0v) is 17.8. The highest BCUT2D eigenvalue weighted by Gasteiger charge is 2.47. The van der Waals surface area contributed by atoms with E-state index in [9.17, 15) is 14.7 Å². The molecule has 2 heterocycles. The molecule has 1 aromatic carbocycles. The first-order valence-electron chi connectivity index (χ1n) is 10.0. The van der Waals surface area contributed by atoms with E-state index in [0.29, 0.717) is 30.0 Å². The molecule has 1 aromatic heterocycles. The van der Waals surface area contributed by atoms with E-state index in [-0.39, 0.29) is 17.4 Å². The summed E-state index contributed by atoms with van der Waals surface area (Å²) in [6.45, 7) is 5.00. The number of ether oxygens (including phenoxy) is 1. The standard InChI is InChI=1S/C23H28N2O5/c1-15(2)30-17-10-8-16(9-11-17)21(26)19-20(18-7-5-14-29-18)25(23(28)22(19)27)13-6-12-24(3)4/h5,7-11,14-15,20,26H,6,12-13H2,1-4H3/t20-/m0/s1. The summed E-state index contributed by atoms with van der Waals surface area (Å²) in [7, 11) is 3.90. The topological polar surface area (TPSA) is 83.2 Å². The predicted molar refractivity (Wildman–Crippen MR) is 113 cm³/mol. The summed E-state index contributed by atoms with van der Waals surface area (Å²) in [6, 6.07) is 9.45. The Kier molecular flexibility index (Phi) is 6.62. The second kappa shape index (κ2) is 9.17. The summed E-state index contributed by atoms with van der Waals surface area (Å²) in [4.78, 5) is 29.1. The Morgan fingerprint density at radius 2 is 1.90 bits per heavy atom. The first-order chi connectivity index (χ1) is 14.3. The maximum atomic E-state index is 12.9. The number of hydrogen-bond donors (Lipinski definition) is 1. The van der Waals surface area contributed by atoms with Gasteiger partial charge in [-0.15, -0.1) is 0 Å². The van der Waals surface area contributed by atoms with Crippen LogP contribution in [0.15, 0.2) is 52.7 Å². The van der Waals surface area contributed by atoms with Gasteiger partial charge in [-0.3, -0.25) is 9.59 Å². The van der Waals surface area contributed by atoms with Gasteiger partial charge in [-0.05, 0) is 77.3 Å². The molecule has 7 nitrogen and oxygen atoms in total. The van der Waals surface area contributed by atoms with Gasteiger partial charge >= 0.3 is 0 Å². The van der Waals surface area contributed by atoms with Crippen LogP contribution in [-0.4, -0.2) is 59.9 Å². The van der Waals surface area contributed by atoms with Gasteiger partial charge in [0.05, 0.1) is 17.9 Å². The number of carbonyl (C=O) groups excluding carboxylic acids is 2. The Hall–Kier alpha value is -3.06. The summed E-state index contributed by atoms with van der Waals surface area (Å²) >= 11 is 0. The van der Waals surface area contributed by atoms with Crippen LogP contribution in [0, 0.1) is 0 Å². The van der Waals surface area contributed by atoms with Crippen LogP contribution in [0.3, 0.4) is 0 Å². The molecule has 1 N–H and O–H groups in total. The number of benzene rings is 1. The predicted octanol–water partition coefficient (Wildman–Crippen LogP) is 3.44. The van der Waals surface area contributed by atoms with Gasteiger partial charge < -0.3 is 24.1 Å². The number of aliphatic hydroxyl groups excluding tert-OH is 1. The third-order valence-electron chi connectivity index (χ3n) is 4.86. The van der Waals surface area contributed by atoms with E-state index < -0.39 is 17.7 Å². The van der Waals surface area contributed by atoms with Crippen LogP contribution >= 0.6 is 0 Å². The molecule has 30 heavy (non-hydrogen) atoms. The fourth-order valence-electron chi connectivity index (χ4n) is 3.53. The molecule has 0 spiro atoms. The van der Waals surface area contributed by atoms with E-state index in [0.717, 1.165) is 6.54 Å². The highest BCUT2D eigenvalue weighted by Crippen LogP contribution is 2.39. The second-order valence-corrected chi connectivity index (χ2v) is 7.86. The van der Waals surface area contributed by atoms with Crippen LogP contribution in [0.4, 0.5) is 0 Å². The number of furan rings is 1. The average Bonchev–Trinajstić information content (AvgIpc) is 3.30. The molecule has 1 amide bonds. The van der Waals surface area contributed by atoms with E-state index in [1.807, 2.05) is 32.8 Å². The Morgan fingerprint density at radius 3 is 2.47 bits per heavy atom. The number of hydrogen-bond acceptors (Lipinski definition) is 6. The molecule has 0 saturated carbocycles. The summed E-state index contributed by atoms with van der Waals surface area (Å²) in [6.07, 6.45) is 2.21. The second-order valence-electron chi connectivity index (χ2n) is 7.86. The summed E-state index contributed by atoms with van der Waals surface area (Å²) in [5.41, 5.74) is 0.478. The van der Waals surface area contributed by atoms with Crippen molar-refractivity contribution in [2.45, 2.75) is 32.4 Å². The van der Waals surface area contributed by atoms with Crippen LogP contribution in [0.2, 0.25) is 0 Å². The van der Waals surface area contributed by atoms with E-state index in [4.69, 9.17) is 9.15 Å². The maximum absolute atomic E-state index is 12.9. The Labute approximate surface area is 176 Å². The molecule has 0 unspecified atom stereocenters. The zero-order valence-electron chi connectivity index (χ0n) is 17.8. The van der Waals surface area contributed by atoms with Crippen LogP contribution in [-0.2, 0) is 9.59 Å². The number of carbonyl (C=O) groups is 2. The van der Waals surface area contributed by atoms with Gasteiger partial charge in [-0.25, -0.2) is 0 Å². The van der Waals surface area contributed by atoms with Crippen molar-refractivity contribution in [3.05, 3.63) is 59.6 Å². The van der Waals surface area contributed by atoms with Gasteiger partial charge in [0.1, 0.15) is 23.3 Å². The lowest BCUT2D eigenvalue weighted by Crippen LogP contribution is -2.32. The smallest absolute Gasteiger partial charge is 0.295 e. The van der Waals surface area contributed by atoms with Gasteiger partial charge in [0, 0.05) is 12.1 Å². The molecule has 2 aromatic rings. The monoisotopic (exact) mass is 412 g/mol. The van der Waals surface area contributed by atoms with Crippen molar-refractivity contribution in [1.29, 1.82) is 0 Å². The molecule has 3 rings (SSSR count). The lowest BCUT2D eigenvalue weighted by Gasteiger charge is -2.24. The third-order valence-corrected chi connectivity index (χ3v) is 4.86. The first-order valence-corrected chi connectivity index (χ1v) is 10.0. The Bertz CT molecular complexity index is 914. The van der Waals surface area contributed by atoms with Crippen molar-refractivity contribution in [3.8, 4) is 5.75 Å². The van der Waals surface area contributed by atoms with Crippen LogP contribution in [0.5, 0.6) is 5.75 Å². The number of likely N-dealkylation sites (tertiary alicyclic amines) is 1. The fraction of sp³-hybridized carbons (Fsp3) is 0.391. The SMILES string of the molecule is CC(C)Oc1ccc(C(O)=C2C(=O)C(=O)N(CCCN(C)C)[C@H]2c2ccco2)cc1. The first kappa shape index (κ1) is 21.6. The van der Waals surface area contributed by atoms with Crippen molar-refractivity contribution in [1.82, 2.24) is 9.80 Å². The van der Waals surface area contributed by atoms with Crippen molar-refractivity contribution in [3.63, 3.8) is 0 Å². The van der Waals surface area contributed by atoms with Crippen LogP contribution in [0.25, 0.3) is 5.76 Å². The number of Topliss-reactive ketones (excluding diaryl/α,β-unsaturated/α-hetero) is 1. The van der Waals surface area contributed by atoms with Crippen molar-refractivity contribution in [2.75, 3.05) is 27.2 Å². The van der Waals surface area contributed by atoms with E-state index in [1.54, 1.807) is 36.4 Å². The summed E-state index contributed by atoms with van der Waals surface area (Å²) < 4.78 is 11.2. The van der Waals surface area contributed by atoms with Crippen LogP contribution in [0.1, 0.15) is 37.6 Å². The van der Waals surface area contributed by atoms with E-state index in [1.165, 1.54) is 11.2 Å². The van der Waals surface area contributed by atoms with Crippen molar-refractivity contribution >= 4 is 17.4 Å². The molecule has 0 aliphatic carbocycles. The number of amides is 1. The normalized spacial score (nSPS) is 18.6. The van der Waals surface area contributed by atoms with Crippen molar-refractivity contribution in [2.24, 2.45) is 0 Å². The molecule has 1 atom stereocenters. The molecule has 1 fully saturated rings. The molecule has 1 aliphatic rings. The number of ketones is 1. The van der Waals surface area contributed by atoms with E-state index in [2.05, 4.69) is 0 Å². The van der Waals surface area contributed by atoms with Gasteiger partial charge in [0.2, 0.25) is 0 Å². The molecule has 0 bridgehead atoms. The highest BCUT2D eigenvalue weighted by atomic mass is 16.5. The van der Waals surface area contributed by atoms with Crippen LogP contribution < -0.4 is 4.74 Å². The largest absolute Gasteiger partial charge is 0.507 e. The molecule has 7 heteroatoms. The number of rotatable bonds is 8. The minimum atomic E-state index is -0.756. The lowest BCUT2D eigenvalue weighted by atomic mass is 9.99. The minimum absolute atomic E-state index is 0.0240. The van der Waals surface area contributed by atoms with Gasteiger partial charge in [0.15, 0.2) is 0 Å². The molecule has 160 valence electrons. The van der Waals surface area contributed by atoms with Crippen molar-refractivity contribution < 1.29 is 23.8 Å². The third kappa shape index (κ3) is 4.57.